The van der Waals surface area contributed by atoms with Crippen LogP contribution in [0, 0.1) is 6.92 Å². The molecule has 2 heteroatoms. The fourth-order valence-corrected chi connectivity index (χ4v) is 2.37. The van der Waals surface area contributed by atoms with Crippen LogP contribution in [-0.4, -0.2) is 25.3 Å². The van der Waals surface area contributed by atoms with E-state index < -0.39 is 0 Å². The molecule has 0 amide bonds. The van der Waals surface area contributed by atoms with Gasteiger partial charge in [0.05, 0.1) is 5.60 Å². The highest BCUT2D eigenvalue weighted by atomic mass is 16.5. The lowest BCUT2D eigenvalue weighted by Crippen LogP contribution is -2.34. The quantitative estimate of drug-likeness (QED) is 0.733. The molecule has 1 rings (SSSR count). The second kappa shape index (κ2) is 8.43. The monoisotopic (exact) mass is 277 g/mol. The Kier molecular flexibility index (Phi) is 7.25. The van der Waals surface area contributed by atoms with Crippen LogP contribution in [-0.2, 0) is 11.2 Å². The van der Waals surface area contributed by atoms with Gasteiger partial charge in [-0.1, -0.05) is 36.8 Å². The molecule has 0 saturated heterocycles. The highest BCUT2D eigenvalue weighted by Crippen LogP contribution is 2.18. The number of benzene rings is 1. The van der Waals surface area contributed by atoms with E-state index in [4.69, 9.17) is 4.74 Å². The normalized spacial score (nSPS) is 13.4. The van der Waals surface area contributed by atoms with Crippen molar-refractivity contribution in [3.05, 3.63) is 35.4 Å². The van der Waals surface area contributed by atoms with Crippen LogP contribution in [0.3, 0.4) is 0 Å². The minimum Gasteiger partial charge on any atom is -0.379 e. The van der Waals surface area contributed by atoms with E-state index in [9.17, 15) is 0 Å². The Morgan fingerprint density at radius 2 is 2.05 bits per heavy atom. The Bertz CT molecular complexity index is 387. The summed E-state index contributed by atoms with van der Waals surface area (Å²) < 4.78 is 5.53. The van der Waals surface area contributed by atoms with Gasteiger partial charge in [0, 0.05) is 13.2 Å². The van der Waals surface area contributed by atoms with Gasteiger partial charge in [-0.2, -0.15) is 0 Å². The van der Waals surface area contributed by atoms with Crippen LogP contribution in [0.5, 0.6) is 0 Å². The molecule has 0 aliphatic rings. The standard InChI is InChI=1S/C18H31NO/c1-6-12-19-17(10-11-18(3,4)20-5)14-16-9-7-8-15(2)13-16/h7-9,13,17,19H,6,10-12,14H2,1-5H3. The maximum Gasteiger partial charge on any atom is 0.0623 e. The van der Waals surface area contributed by atoms with Crippen molar-refractivity contribution in [1.29, 1.82) is 0 Å². The molecule has 0 aromatic heterocycles. The maximum absolute atomic E-state index is 5.53. The Balaban J connectivity index is 2.59. The third-order valence-electron chi connectivity index (χ3n) is 3.90. The molecule has 0 spiro atoms. The summed E-state index contributed by atoms with van der Waals surface area (Å²) >= 11 is 0. The molecule has 0 radical (unpaired) electrons. The van der Waals surface area contributed by atoms with Crippen LogP contribution in [0.25, 0.3) is 0 Å². The minimum atomic E-state index is -0.0290. The molecule has 1 aromatic carbocycles. The van der Waals surface area contributed by atoms with Gasteiger partial charge in [-0.25, -0.2) is 0 Å². The first-order chi connectivity index (χ1) is 9.46. The van der Waals surface area contributed by atoms with E-state index in [0.29, 0.717) is 6.04 Å². The molecule has 1 unspecified atom stereocenters. The van der Waals surface area contributed by atoms with Crippen LogP contribution in [0.1, 0.15) is 51.2 Å². The topological polar surface area (TPSA) is 21.3 Å². The van der Waals surface area contributed by atoms with Crippen molar-refractivity contribution in [3.8, 4) is 0 Å². The molecule has 1 N–H and O–H groups in total. The third-order valence-corrected chi connectivity index (χ3v) is 3.90. The predicted molar refractivity (Wildman–Crippen MR) is 87.3 cm³/mol. The summed E-state index contributed by atoms with van der Waals surface area (Å²) in [5.74, 6) is 0. The molecular formula is C18H31NO. The molecule has 0 bridgehead atoms. The Morgan fingerprint density at radius 1 is 1.30 bits per heavy atom. The first-order valence-corrected chi connectivity index (χ1v) is 7.81. The van der Waals surface area contributed by atoms with Gasteiger partial charge in [0.2, 0.25) is 0 Å². The lowest BCUT2D eigenvalue weighted by atomic mass is 9.94. The largest absolute Gasteiger partial charge is 0.379 e. The van der Waals surface area contributed by atoms with Crippen molar-refractivity contribution in [2.75, 3.05) is 13.7 Å². The number of aryl methyl sites for hydroxylation is 1. The van der Waals surface area contributed by atoms with Crippen LogP contribution in [0.15, 0.2) is 24.3 Å². The second-order valence-electron chi connectivity index (χ2n) is 6.35. The molecule has 0 fully saturated rings. The van der Waals surface area contributed by atoms with Crippen molar-refractivity contribution in [1.82, 2.24) is 5.32 Å². The molecular weight excluding hydrogens is 246 g/mol. The molecule has 1 atom stereocenters. The van der Waals surface area contributed by atoms with Crippen molar-refractivity contribution < 1.29 is 4.74 Å². The summed E-state index contributed by atoms with van der Waals surface area (Å²) in [6.45, 7) is 9.79. The fourth-order valence-electron chi connectivity index (χ4n) is 2.37. The molecule has 0 aliphatic heterocycles. The molecule has 114 valence electrons. The lowest BCUT2D eigenvalue weighted by Gasteiger charge is -2.26. The van der Waals surface area contributed by atoms with Gasteiger partial charge in [0.1, 0.15) is 0 Å². The van der Waals surface area contributed by atoms with E-state index in [2.05, 4.69) is 57.3 Å². The van der Waals surface area contributed by atoms with E-state index in [-0.39, 0.29) is 5.60 Å². The third kappa shape index (κ3) is 6.53. The Morgan fingerprint density at radius 3 is 2.65 bits per heavy atom. The van der Waals surface area contributed by atoms with Crippen LogP contribution >= 0.6 is 0 Å². The summed E-state index contributed by atoms with van der Waals surface area (Å²) in [6, 6.07) is 9.37. The first kappa shape index (κ1) is 17.2. The molecule has 0 saturated carbocycles. The average molecular weight is 277 g/mol. The van der Waals surface area contributed by atoms with E-state index in [1.54, 1.807) is 7.11 Å². The first-order valence-electron chi connectivity index (χ1n) is 7.81. The van der Waals surface area contributed by atoms with Crippen LogP contribution in [0.2, 0.25) is 0 Å². The van der Waals surface area contributed by atoms with Crippen molar-refractivity contribution in [2.24, 2.45) is 0 Å². The lowest BCUT2D eigenvalue weighted by molar-refractivity contribution is 0.0117. The maximum atomic E-state index is 5.53. The smallest absolute Gasteiger partial charge is 0.0623 e. The Hall–Kier alpha value is -0.860. The predicted octanol–water partition coefficient (Wildman–Crippen LogP) is 4.11. The number of rotatable bonds is 9. The number of nitrogens with one attached hydrogen (secondary N) is 1. The van der Waals surface area contributed by atoms with Gasteiger partial charge in [0.25, 0.3) is 0 Å². The number of hydrogen-bond donors (Lipinski definition) is 1. The van der Waals surface area contributed by atoms with Crippen LogP contribution in [0.4, 0.5) is 0 Å². The zero-order chi connectivity index (χ0) is 15.0. The summed E-state index contributed by atoms with van der Waals surface area (Å²) in [5.41, 5.74) is 2.74. The summed E-state index contributed by atoms with van der Waals surface area (Å²) in [6.07, 6.45) is 4.50. The van der Waals surface area contributed by atoms with Crippen molar-refractivity contribution in [3.63, 3.8) is 0 Å². The van der Waals surface area contributed by atoms with Gasteiger partial charge in [-0.3, -0.25) is 0 Å². The van der Waals surface area contributed by atoms with E-state index >= 15 is 0 Å². The molecule has 0 aliphatic carbocycles. The number of methoxy groups -OCH3 is 1. The average Bonchev–Trinajstić information content (AvgIpc) is 2.42. The van der Waals surface area contributed by atoms with Gasteiger partial charge < -0.3 is 10.1 Å². The zero-order valence-electron chi connectivity index (χ0n) is 13.8. The summed E-state index contributed by atoms with van der Waals surface area (Å²) in [4.78, 5) is 0. The SMILES string of the molecule is CCCNC(CCC(C)(C)OC)Cc1cccc(C)c1. The van der Waals surface area contributed by atoms with Gasteiger partial charge in [-0.05, 0) is 58.6 Å². The minimum absolute atomic E-state index is 0.0290. The van der Waals surface area contributed by atoms with Gasteiger partial charge in [-0.15, -0.1) is 0 Å². The number of hydrogen-bond acceptors (Lipinski definition) is 2. The number of ether oxygens (including phenoxy) is 1. The van der Waals surface area contributed by atoms with Crippen molar-refractivity contribution >= 4 is 0 Å². The highest BCUT2D eigenvalue weighted by molar-refractivity contribution is 5.23. The Labute approximate surface area is 124 Å². The molecule has 1 aromatic rings. The van der Waals surface area contributed by atoms with E-state index in [0.717, 1.165) is 25.8 Å². The second-order valence-corrected chi connectivity index (χ2v) is 6.35. The summed E-state index contributed by atoms with van der Waals surface area (Å²) in [7, 11) is 1.80. The molecule has 0 heterocycles. The van der Waals surface area contributed by atoms with Crippen molar-refractivity contribution in [2.45, 2.75) is 65.0 Å². The fraction of sp³-hybridized carbons (Fsp3) is 0.667. The zero-order valence-corrected chi connectivity index (χ0v) is 13.8. The van der Waals surface area contributed by atoms with Crippen LogP contribution < -0.4 is 5.32 Å². The van der Waals surface area contributed by atoms with Gasteiger partial charge >= 0.3 is 0 Å². The summed E-state index contributed by atoms with van der Waals surface area (Å²) in [5, 5.41) is 3.68. The molecule has 2 nitrogen and oxygen atoms in total. The molecule has 20 heavy (non-hydrogen) atoms. The highest BCUT2D eigenvalue weighted by Gasteiger charge is 2.19. The van der Waals surface area contributed by atoms with Gasteiger partial charge in [0.15, 0.2) is 0 Å². The van der Waals surface area contributed by atoms with E-state index in [1.165, 1.54) is 17.5 Å². The van der Waals surface area contributed by atoms with E-state index in [1.807, 2.05) is 0 Å².